The minimum Gasteiger partial charge on any atom is -0.387 e. The van der Waals surface area contributed by atoms with Crippen LogP contribution in [-0.2, 0) is 10.3 Å². The number of nitrogens with zero attached hydrogens (tertiary/aromatic N) is 1. The van der Waals surface area contributed by atoms with Gasteiger partial charge in [0.1, 0.15) is 6.61 Å². The zero-order valence-corrected chi connectivity index (χ0v) is 11.4. The van der Waals surface area contributed by atoms with E-state index in [4.69, 9.17) is 10.8 Å². The number of hydrogen-bond acceptors (Lipinski definition) is 3. The third-order valence-corrected chi connectivity index (χ3v) is 4.02. The highest BCUT2D eigenvalue weighted by Gasteiger charge is 2.44. The van der Waals surface area contributed by atoms with Gasteiger partial charge in [0.2, 0.25) is 0 Å². The zero-order chi connectivity index (χ0) is 14.6. The molecule has 0 radical (unpaired) electrons. The van der Waals surface area contributed by atoms with Crippen LogP contribution < -0.4 is 5.73 Å². The van der Waals surface area contributed by atoms with Crippen molar-refractivity contribution in [3.8, 4) is 0 Å². The van der Waals surface area contributed by atoms with E-state index in [0.29, 0.717) is 12.8 Å². The Kier molecular flexibility index (Phi) is 4.39. The van der Waals surface area contributed by atoms with E-state index in [0.717, 1.165) is 29.7 Å². The number of carbonyl (C=O) groups is 2. The van der Waals surface area contributed by atoms with Crippen molar-refractivity contribution in [2.75, 3.05) is 6.61 Å². The van der Waals surface area contributed by atoms with Gasteiger partial charge in [0, 0.05) is 0 Å². The minimum atomic E-state index is -0.796. The van der Waals surface area contributed by atoms with E-state index in [1.807, 2.05) is 30.3 Å². The fraction of sp³-hybridized carbons (Fsp3) is 0.467. The van der Waals surface area contributed by atoms with Gasteiger partial charge in [0.05, 0.1) is 5.54 Å². The maximum absolute atomic E-state index is 12.0. The van der Waals surface area contributed by atoms with Crippen molar-refractivity contribution >= 4 is 11.9 Å². The molecule has 3 amide bonds. The van der Waals surface area contributed by atoms with Gasteiger partial charge in [-0.05, 0) is 18.4 Å². The molecule has 1 aromatic carbocycles. The number of benzene rings is 1. The molecule has 0 aromatic heterocycles. The Morgan fingerprint density at radius 3 is 2.25 bits per heavy atom. The van der Waals surface area contributed by atoms with Crippen LogP contribution >= 0.6 is 0 Å². The fourth-order valence-corrected chi connectivity index (χ4v) is 3.17. The summed E-state index contributed by atoms with van der Waals surface area (Å²) in [5, 5.41) is 9.15. The van der Waals surface area contributed by atoms with Gasteiger partial charge in [-0.3, -0.25) is 9.69 Å². The molecule has 1 saturated carbocycles. The lowest BCUT2D eigenvalue weighted by atomic mass is 9.75. The Hall–Kier alpha value is -1.88. The summed E-state index contributed by atoms with van der Waals surface area (Å²) in [6.45, 7) is -0.711. The van der Waals surface area contributed by atoms with Crippen LogP contribution in [0.25, 0.3) is 0 Å². The number of hydrogen-bond donors (Lipinski definition) is 2. The highest BCUT2D eigenvalue weighted by atomic mass is 16.3. The summed E-state index contributed by atoms with van der Waals surface area (Å²) in [4.78, 5) is 24.9. The van der Waals surface area contributed by atoms with E-state index in [-0.39, 0.29) is 0 Å². The molecule has 3 N–H and O–H groups in total. The lowest BCUT2D eigenvalue weighted by Gasteiger charge is -2.44. The van der Waals surface area contributed by atoms with Crippen LogP contribution in [0.2, 0.25) is 0 Å². The normalized spacial score (nSPS) is 17.4. The number of rotatable bonds is 3. The number of aliphatic hydroxyl groups excluding tert-OH is 1. The minimum absolute atomic E-state index is 0.636. The van der Waals surface area contributed by atoms with Crippen molar-refractivity contribution in [1.29, 1.82) is 0 Å². The van der Waals surface area contributed by atoms with E-state index < -0.39 is 24.1 Å². The molecule has 0 bridgehead atoms. The maximum atomic E-state index is 12.0. The highest BCUT2D eigenvalue weighted by Crippen LogP contribution is 2.42. The number of imide groups is 1. The molecule has 1 aliphatic rings. The van der Waals surface area contributed by atoms with Gasteiger partial charge in [-0.2, -0.15) is 0 Å². The molecule has 0 aliphatic heterocycles. The molecule has 1 aromatic rings. The molecule has 20 heavy (non-hydrogen) atoms. The molecule has 0 heterocycles. The largest absolute Gasteiger partial charge is 0.387 e. The van der Waals surface area contributed by atoms with Gasteiger partial charge in [-0.15, -0.1) is 0 Å². The monoisotopic (exact) mass is 276 g/mol. The van der Waals surface area contributed by atoms with Crippen LogP contribution in [0.3, 0.4) is 0 Å². The molecule has 0 saturated heterocycles. The Balaban J connectivity index is 2.50. The van der Waals surface area contributed by atoms with Crippen LogP contribution in [0.5, 0.6) is 0 Å². The summed E-state index contributed by atoms with van der Waals surface area (Å²) in [5.74, 6) is -0.636. The van der Waals surface area contributed by atoms with Crippen molar-refractivity contribution in [3.63, 3.8) is 0 Å². The average molecular weight is 276 g/mol. The van der Waals surface area contributed by atoms with E-state index in [1.165, 1.54) is 0 Å². The smallest absolute Gasteiger partial charge is 0.322 e. The van der Waals surface area contributed by atoms with E-state index >= 15 is 0 Å². The number of urea groups is 1. The summed E-state index contributed by atoms with van der Waals surface area (Å²) >= 11 is 0. The molecule has 5 nitrogen and oxygen atoms in total. The Morgan fingerprint density at radius 1 is 1.15 bits per heavy atom. The number of amides is 3. The second-order valence-corrected chi connectivity index (χ2v) is 5.18. The third-order valence-electron chi connectivity index (χ3n) is 4.02. The molecule has 0 spiro atoms. The summed E-state index contributed by atoms with van der Waals surface area (Å²) in [7, 11) is 0. The number of primary amides is 1. The van der Waals surface area contributed by atoms with Gasteiger partial charge in [-0.25, -0.2) is 4.79 Å². The van der Waals surface area contributed by atoms with Crippen molar-refractivity contribution in [3.05, 3.63) is 35.9 Å². The van der Waals surface area contributed by atoms with Crippen molar-refractivity contribution in [2.24, 2.45) is 5.73 Å². The Morgan fingerprint density at radius 2 is 1.75 bits per heavy atom. The average Bonchev–Trinajstić information content (AvgIpc) is 2.48. The van der Waals surface area contributed by atoms with Crippen LogP contribution in [0, 0.1) is 0 Å². The molecule has 0 unspecified atom stereocenters. The third kappa shape index (κ3) is 2.54. The quantitative estimate of drug-likeness (QED) is 0.882. The van der Waals surface area contributed by atoms with Gasteiger partial charge in [0.25, 0.3) is 5.91 Å². The highest BCUT2D eigenvalue weighted by molar-refractivity contribution is 5.95. The van der Waals surface area contributed by atoms with E-state index in [2.05, 4.69) is 0 Å². The van der Waals surface area contributed by atoms with E-state index in [1.54, 1.807) is 0 Å². The summed E-state index contributed by atoms with van der Waals surface area (Å²) in [5.41, 5.74) is 5.61. The molecule has 108 valence electrons. The van der Waals surface area contributed by atoms with Crippen molar-refractivity contribution in [1.82, 2.24) is 4.90 Å². The van der Waals surface area contributed by atoms with Crippen LogP contribution in [0.1, 0.15) is 37.7 Å². The summed E-state index contributed by atoms with van der Waals surface area (Å²) in [6.07, 6.45) is 4.31. The first-order valence-corrected chi connectivity index (χ1v) is 6.91. The number of nitrogens with two attached hydrogens (primary N) is 1. The molecular weight excluding hydrogens is 256 g/mol. The lowest BCUT2D eigenvalue weighted by Crippen LogP contribution is -2.56. The van der Waals surface area contributed by atoms with Gasteiger partial charge >= 0.3 is 6.03 Å². The SMILES string of the molecule is NC(=O)N(C(=O)CO)C1(c2ccccc2)CCCCC1. The van der Waals surface area contributed by atoms with Crippen molar-refractivity contribution in [2.45, 2.75) is 37.6 Å². The predicted octanol–water partition coefficient (Wildman–Crippen LogP) is 1.75. The molecule has 5 heteroatoms. The first kappa shape index (κ1) is 14.5. The van der Waals surface area contributed by atoms with Crippen LogP contribution in [-0.4, -0.2) is 28.6 Å². The number of aliphatic hydroxyl groups is 1. The Labute approximate surface area is 118 Å². The molecular formula is C15H20N2O3. The van der Waals surface area contributed by atoms with Gasteiger partial charge < -0.3 is 10.8 Å². The topological polar surface area (TPSA) is 83.6 Å². The van der Waals surface area contributed by atoms with Crippen LogP contribution in [0.4, 0.5) is 4.79 Å². The molecule has 0 atom stereocenters. The lowest BCUT2D eigenvalue weighted by molar-refractivity contribution is -0.137. The standard InChI is InChI=1S/C15H20N2O3/c16-14(20)17(13(19)11-18)15(9-5-2-6-10-15)12-7-3-1-4-8-12/h1,3-4,7-8,18H,2,5-6,9-11H2,(H2,16,20). The fourth-order valence-electron chi connectivity index (χ4n) is 3.17. The molecule has 2 rings (SSSR count). The second kappa shape index (κ2) is 6.05. The summed E-state index contributed by atoms with van der Waals surface area (Å²) < 4.78 is 0. The Bertz CT molecular complexity index is 481. The van der Waals surface area contributed by atoms with Crippen molar-refractivity contribution < 1.29 is 14.7 Å². The number of carbonyl (C=O) groups excluding carboxylic acids is 2. The molecule has 1 fully saturated rings. The maximum Gasteiger partial charge on any atom is 0.322 e. The summed E-state index contributed by atoms with van der Waals surface area (Å²) in [6, 6.07) is 8.68. The van der Waals surface area contributed by atoms with Gasteiger partial charge in [0.15, 0.2) is 0 Å². The second-order valence-electron chi connectivity index (χ2n) is 5.18. The van der Waals surface area contributed by atoms with Crippen LogP contribution in [0.15, 0.2) is 30.3 Å². The molecule has 1 aliphatic carbocycles. The first-order valence-electron chi connectivity index (χ1n) is 6.91. The van der Waals surface area contributed by atoms with E-state index in [9.17, 15) is 9.59 Å². The zero-order valence-electron chi connectivity index (χ0n) is 11.4. The van der Waals surface area contributed by atoms with Gasteiger partial charge in [-0.1, -0.05) is 49.6 Å². The first-order chi connectivity index (χ1) is 9.62. The predicted molar refractivity (Wildman–Crippen MR) is 74.7 cm³/mol.